The number of aliphatic hydroxyl groups excluding tert-OH is 1. The number of aliphatic hydroxyl groups is 1. The van der Waals surface area contributed by atoms with Crippen LogP contribution in [-0.4, -0.2) is 69.1 Å². The van der Waals surface area contributed by atoms with Crippen molar-refractivity contribution in [3.05, 3.63) is 53.6 Å². The summed E-state index contributed by atoms with van der Waals surface area (Å²) in [5.41, 5.74) is 2.83. The van der Waals surface area contributed by atoms with Gasteiger partial charge in [0.15, 0.2) is 0 Å². The lowest BCUT2D eigenvalue weighted by Crippen LogP contribution is -2.57. The highest BCUT2D eigenvalue weighted by atomic mass is 32.2. The van der Waals surface area contributed by atoms with Gasteiger partial charge in [0.25, 0.3) is 5.91 Å². The second-order valence-electron chi connectivity index (χ2n) is 11.7. The first-order valence-electron chi connectivity index (χ1n) is 13.6. The van der Waals surface area contributed by atoms with Crippen LogP contribution in [0.3, 0.4) is 0 Å². The standard InChI is InChI=1S/C30H38N2O5S/c1-18(2)15-21(17-33)32-25-27(35)31(22-16-19(3)9-10-20(22)4)13-8-12-30(25)23(26(32)34)24-28(36)37-14-7-6-11-29(24,5)38-30/h6,8-12,16,18,21,23-25,33H,7,13-15,17H2,1-5H3/t21-,23+,24-,25?,29+,30+/m1/s1. The van der Waals surface area contributed by atoms with E-state index in [4.69, 9.17) is 4.74 Å². The summed E-state index contributed by atoms with van der Waals surface area (Å²) in [6.07, 6.45) is 9.21. The average molecular weight is 539 g/mol. The maximum atomic E-state index is 14.7. The van der Waals surface area contributed by atoms with Crippen LogP contribution in [-0.2, 0) is 19.1 Å². The molecule has 7 nitrogen and oxygen atoms in total. The molecular weight excluding hydrogens is 500 g/mol. The number of hydrogen-bond donors (Lipinski definition) is 1. The van der Waals surface area contributed by atoms with Crippen molar-refractivity contribution in [3.8, 4) is 0 Å². The maximum Gasteiger partial charge on any atom is 0.311 e. The van der Waals surface area contributed by atoms with E-state index in [0.29, 0.717) is 19.4 Å². The summed E-state index contributed by atoms with van der Waals surface area (Å²) in [6.45, 7) is 10.4. The quantitative estimate of drug-likeness (QED) is 0.453. The van der Waals surface area contributed by atoms with Gasteiger partial charge in [-0.2, -0.15) is 0 Å². The molecule has 204 valence electrons. The number of nitrogens with zero attached hydrogens (tertiary/aromatic N) is 2. The maximum absolute atomic E-state index is 14.7. The number of hydrogen-bond acceptors (Lipinski definition) is 6. The number of aryl methyl sites for hydroxylation is 2. The second-order valence-corrected chi connectivity index (χ2v) is 13.5. The van der Waals surface area contributed by atoms with Crippen molar-refractivity contribution in [1.82, 2.24) is 4.90 Å². The molecule has 0 bridgehead atoms. The number of likely N-dealkylation sites (tertiary alicyclic amines) is 1. The first kappa shape index (κ1) is 27.0. The number of ether oxygens (including phenoxy) is 1. The predicted octanol–water partition coefficient (Wildman–Crippen LogP) is 3.80. The largest absolute Gasteiger partial charge is 0.465 e. The van der Waals surface area contributed by atoms with E-state index in [9.17, 15) is 19.5 Å². The fourth-order valence-corrected chi connectivity index (χ4v) is 9.01. The van der Waals surface area contributed by atoms with E-state index < -0.39 is 33.4 Å². The van der Waals surface area contributed by atoms with Gasteiger partial charge in [-0.1, -0.05) is 50.3 Å². The van der Waals surface area contributed by atoms with Crippen molar-refractivity contribution in [2.75, 3.05) is 24.7 Å². The third-order valence-corrected chi connectivity index (χ3v) is 10.3. The van der Waals surface area contributed by atoms with Crippen LogP contribution in [0.5, 0.6) is 0 Å². The Bertz CT molecular complexity index is 1210. The number of thioether (sulfide) groups is 1. The monoisotopic (exact) mass is 538 g/mol. The SMILES string of the molecule is Cc1ccc(C)c(N2CC=C[C@]34S[C@@]5(C)C=CCCOC(=O)[C@H]5[C@H]3C(=O)N([C@@H](CO)CC(C)C)C4C2=O)c1. The fourth-order valence-electron chi connectivity index (χ4n) is 6.87. The van der Waals surface area contributed by atoms with E-state index in [0.717, 1.165) is 16.8 Å². The molecule has 1 aromatic carbocycles. The van der Waals surface area contributed by atoms with Crippen LogP contribution in [0.25, 0.3) is 0 Å². The lowest BCUT2D eigenvalue weighted by molar-refractivity contribution is -0.154. The molecule has 1 spiro atoms. The minimum Gasteiger partial charge on any atom is -0.465 e. The molecule has 1 N–H and O–H groups in total. The van der Waals surface area contributed by atoms with Gasteiger partial charge >= 0.3 is 5.97 Å². The van der Waals surface area contributed by atoms with Crippen molar-refractivity contribution in [1.29, 1.82) is 0 Å². The number of rotatable bonds is 5. The number of cyclic esters (lactones) is 1. The van der Waals surface area contributed by atoms with E-state index in [1.54, 1.807) is 9.80 Å². The molecule has 0 radical (unpaired) electrons. The number of amides is 2. The number of fused-ring (bicyclic) bond motifs is 2. The topological polar surface area (TPSA) is 87.2 Å². The Morgan fingerprint density at radius 2 is 1.87 bits per heavy atom. The second kappa shape index (κ2) is 9.87. The number of benzene rings is 1. The van der Waals surface area contributed by atoms with Crippen LogP contribution in [0.15, 0.2) is 42.5 Å². The number of carbonyl (C=O) groups is 3. The van der Waals surface area contributed by atoms with E-state index >= 15 is 0 Å². The molecule has 4 aliphatic heterocycles. The lowest BCUT2D eigenvalue weighted by Gasteiger charge is -2.40. The summed E-state index contributed by atoms with van der Waals surface area (Å²) >= 11 is 1.54. The summed E-state index contributed by atoms with van der Waals surface area (Å²) in [5.74, 6) is -2.10. The lowest BCUT2D eigenvalue weighted by atomic mass is 9.74. The molecule has 1 unspecified atom stereocenters. The molecule has 1 aromatic rings. The van der Waals surface area contributed by atoms with Crippen molar-refractivity contribution in [2.45, 2.75) is 69.0 Å². The molecule has 8 heteroatoms. The van der Waals surface area contributed by atoms with Gasteiger partial charge in [-0.3, -0.25) is 14.4 Å². The van der Waals surface area contributed by atoms with Crippen LogP contribution < -0.4 is 4.90 Å². The average Bonchev–Trinajstić information content (AvgIpc) is 3.18. The zero-order valence-corrected chi connectivity index (χ0v) is 23.7. The smallest absolute Gasteiger partial charge is 0.311 e. The molecule has 5 rings (SSSR count). The zero-order valence-electron chi connectivity index (χ0n) is 22.8. The summed E-state index contributed by atoms with van der Waals surface area (Å²) in [7, 11) is 0. The van der Waals surface area contributed by atoms with Crippen LogP contribution in [0, 0.1) is 31.6 Å². The third-order valence-electron chi connectivity index (χ3n) is 8.46. The number of esters is 1. The molecule has 4 heterocycles. The van der Waals surface area contributed by atoms with Gasteiger partial charge in [0.2, 0.25) is 5.91 Å². The molecule has 2 amide bonds. The summed E-state index contributed by atoms with van der Waals surface area (Å²) in [5, 5.41) is 10.5. The van der Waals surface area contributed by atoms with Gasteiger partial charge in [-0.25, -0.2) is 0 Å². The van der Waals surface area contributed by atoms with E-state index in [2.05, 4.69) is 0 Å². The molecule has 38 heavy (non-hydrogen) atoms. The number of anilines is 1. The molecule has 0 aliphatic carbocycles. The minimum atomic E-state index is -0.960. The minimum absolute atomic E-state index is 0.176. The highest BCUT2D eigenvalue weighted by Crippen LogP contribution is 2.65. The van der Waals surface area contributed by atoms with Crippen LogP contribution in [0.4, 0.5) is 5.69 Å². The Kier molecular flexibility index (Phi) is 7.01. The zero-order chi connectivity index (χ0) is 27.4. The Labute approximate surface area is 229 Å². The van der Waals surface area contributed by atoms with Gasteiger partial charge in [0.1, 0.15) is 6.04 Å². The van der Waals surface area contributed by atoms with Gasteiger partial charge in [-0.05, 0) is 56.7 Å². The highest BCUT2D eigenvalue weighted by molar-refractivity contribution is 8.02. The van der Waals surface area contributed by atoms with Gasteiger partial charge in [0.05, 0.1) is 35.8 Å². The normalized spacial score (nSPS) is 33.4. The Balaban J connectivity index is 1.70. The fraction of sp³-hybridized carbons (Fsp3) is 0.567. The van der Waals surface area contributed by atoms with Gasteiger partial charge in [-0.15, -0.1) is 11.8 Å². The van der Waals surface area contributed by atoms with Crippen molar-refractivity contribution < 1.29 is 24.2 Å². The van der Waals surface area contributed by atoms with Gasteiger partial charge < -0.3 is 19.6 Å². The first-order valence-corrected chi connectivity index (χ1v) is 14.4. The van der Waals surface area contributed by atoms with E-state index in [1.807, 2.05) is 77.1 Å². The molecule has 2 saturated heterocycles. The Morgan fingerprint density at radius 1 is 1.11 bits per heavy atom. The summed E-state index contributed by atoms with van der Waals surface area (Å²) in [4.78, 5) is 46.0. The van der Waals surface area contributed by atoms with Crippen LogP contribution >= 0.6 is 11.8 Å². The van der Waals surface area contributed by atoms with Crippen molar-refractivity contribution in [2.24, 2.45) is 17.8 Å². The Hall–Kier alpha value is -2.58. The predicted molar refractivity (Wildman–Crippen MR) is 149 cm³/mol. The molecule has 2 fully saturated rings. The van der Waals surface area contributed by atoms with E-state index in [1.165, 1.54) is 11.8 Å². The summed E-state index contributed by atoms with van der Waals surface area (Å²) < 4.78 is 3.96. The summed E-state index contributed by atoms with van der Waals surface area (Å²) in [6, 6.07) is 4.65. The molecule has 6 atom stereocenters. The highest BCUT2D eigenvalue weighted by Gasteiger charge is 2.74. The van der Waals surface area contributed by atoms with E-state index in [-0.39, 0.29) is 36.9 Å². The molecule has 0 saturated carbocycles. The van der Waals surface area contributed by atoms with Crippen molar-refractivity contribution in [3.63, 3.8) is 0 Å². The van der Waals surface area contributed by atoms with Crippen molar-refractivity contribution >= 4 is 35.2 Å². The third kappa shape index (κ3) is 4.11. The van der Waals surface area contributed by atoms with Crippen LogP contribution in [0.1, 0.15) is 44.7 Å². The molecular formula is C30H38N2O5S. The Morgan fingerprint density at radius 3 is 2.58 bits per heavy atom. The van der Waals surface area contributed by atoms with Crippen LogP contribution in [0.2, 0.25) is 0 Å². The molecule has 0 aromatic heterocycles. The molecule has 4 aliphatic rings. The number of carbonyl (C=O) groups excluding carboxylic acids is 3. The van der Waals surface area contributed by atoms with Gasteiger partial charge in [0, 0.05) is 17.0 Å². The first-order chi connectivity index (χ1) is 18.0.